The molecule has 1 saturated heterocycles. The van der Waals surface area contributed by atoms with E-state index in [4.69, 9.17) is 0 Å². The van der Waals surface area contributed by atoms with E-state index in [0.29, 0.717) is 11.8 Å². The summed E-state index contributed by atoms with van der Waals surface area (Å²) in [6.07, 6.45) is 7.85. The molecular weight excluding hydrogens is 238 g/mol. The number of rotatable bonds is 2. The standard InChI is InChI=1S/C14H17N5/c1-2-9-5-15-6-10(9)12-7-17-13-8-18-14-11(19(12)13)3-4-16-14/h4,7-10,15H,2-3,5-6H2,1H3/t9?,10-/m0/s1. The maximum atomic E-state index is 4.53. The van der Waals surface area contributed by atoms with Crippen LogP contribution < -0.4 is 5.32 Å². The van der Waals surface area contributed by atoms with E-state index in [0.717, 1.165) is 31.0 Å². The molecule has 5 heteroatoms. The molecule has 1 fully saturated rings. The first-order valence-corrected chi connectivity index (χ1v) is 6.97. The van der Waals surface area contributed by atoms with Crippen molar-refractivity contribution in [3.8, 4) is 0 Å². The van der Waals surface area contributed by atoms with Gasteiger partial charge in [-0.05, 0) is 12.5 Å². The lowest BCUT2D eigenvalue weighted by molar-refractivity contribution is 0.491. The van der Waals surface area contributed by atoms with E-state index in [9.17, 15) is 0 Å². The fraction of sp³-hybridized carbons (Fsp3) is 0.500. The molecule has 4 rings (SSSR count). The van der Waals surface area contributed by atoms with E-state index in [1.54, 1.807) is 0 Å². The number of nitrogens with one attached hydrogen (secondary N) is 1. The molecule has 2 aliphatic rings. The molecule has 2 aromatic rings. The molecule has 0 amide bonds. The van der Waals surface area contributed by atoms with Gasteiger partial charge < -0.3 is 5.32 Å². The molecule has 2 aliphatic heterocycles. The third-order valence-electron chi connectivity index (χ3n) is 4.39. The Balaban J connectivity index is 1.89. The van der Waals surface area contributed by atoms with E-state index in [1.807, 2.05) is 18.6 Å². The highest BCUT2D eigenvalue weighted by Gasteiger charge is 2.30. The Kier molecular flexibility index (Phi) is 2.41. The van der Waals surface area contributed by atoms with Crippen molar-refractivity contribution in [2.24, 2.45) is 10.9 Å². The predicted molar refractivity (Wildman–Crippen MR) is 74.2 cm³/mol. The molecule has 5 nitrogen and oxygen atoms in total. The van der Waals surface area contributed by atoms with Crippen molar-refractivity contribution in [1.82, 2.24) is 19.7 Å². The summed E-state index contributed by atoms with van der Waals surface area (Å²) >= 11 is 0. The van der Waals surface area contributed by atoms with E-state index in [2.05, 4.69) is 31.6 Å². The average Bonchev–Trinajstić information content (AvgIpc) is 3.15. The van der Waals surface area contributed by atoms with Crippen molar-refractivity contribution in [2.45, 2.75) is 25.7 Å². The highest BCUT2D eigenvalue weighted by atomic mass is 15.1. The van der Waals surface area contributed by atoms with Crippen molar-refractivity contribution in [3.05, 3.63) is 23.8 Å². The summed E-state index contributed by atoms with van der Waals surface area (Å²) in [5.74, 6) is 2.10. The predicted octanol–water partition coefficient (Wildman–Crippen LogP) is 1.70. The van der Waals surface area contributed by atoms with Crippen molar-refractivity contribution < 1.29 is 0 Å². The van der Waals surface area contributed by atoms with Gasteiger partial charge in [-0.3, -0.25) is 4.40 Å². The lowest BCUT2D eigenvalue weighted by Crippen LogP contribution is -2.13. The number of hydrogen-bond acceptors (Lipinski definition) is 4. The molecule has 0 saturated carbocycles. The summed E-state index contributed by atoms with van der Waals surface area (Å²) in [6, 6.07) is 0. The molecule has 1 N–H and O–H groups in total. The monoisotopic (exact) mass is 255 g/mol. The van der Waals surface area contributed by atoms with Crippen LogP contribution in [0.2, 0.25) is 0 Å². The molecule has 98 valence electrons. The normalized spacial score (nSPS) is 25.3. The van der Waals surface area contributed by atoms with Crippen LogP contribution in [-0.4, -0.2) is 33.7 Å². The van der Waals surface area contributed by atoms with E-state index >= 15 is 0 Å². The molecule has 0 aromatic carbocycles. The van der Waals surface area contributed by atoms with Gasteiger partial charge in [0.1, 0.15) is 0 Å². The van der Waals surface area contributed by atoms with Gasteiger partial charge in [-0.2, -0.15) is 0 Å². The Morgan fingerprint density at radius 3 is 3.16 bits per heavy atom. The number of hydrogen-bond donors (Lipinski definition) is 1. The number of fused-ring (bicyclic) bond motifs is 3. The summed E-state index contributed by atoms with van der Waals surface area (Å²) in [5, 5.41) is 3.51. The first kappa shape index (κ1) is 11.1. The van der Waals surface area contributed by atoms with Crippen LogP contribution in [0.5, 0.6) is 0 Å². The van der Waals surface area contributed by atoms with Gasteiger partial charge >= 0.3 is 0 Å². The second-order valence-electron chi connectivity index (χ2n) is 5.35. The number of aromatic nitrogens is 3. The van der Waals surface area contributed by atoms with Gasteiger partial charge in [0.05, 0.1) is 11.9 Å². The molecule has 2 atom stereocenters. The van der Waals surface area contributed by atoms with Gasteiger partial charge in [0, 0.05) is 37.0 Å². The van der Waals surface area contributed by atoms with Crippen molar-refractivity contribution in [3.63, 3.8) is 0 Å². The van der Waals surface area contributed by atoms with E-state index in [1.165, 1.54) is 17.8 Å². The van der Waals surface area contributed by atoms with Crippen molar-refractivity contribution in [2.75, 3.05) is 13.1 Å². The summed E-state index contributed by atoms with van der Waals surface area (Å²) in [6.45, 7) is 4.42. The van der Waals surface area contributed by atoms with Gasteiger partial charge in [-0.1, -0.05) is 13.3 Å². The second kappa shape index (κ2) is 4.13. The Bertz CT molecular complexity index is 657. The minimum Gasteiger partial charge on any atom is -0.316 e. The van der Waals surface area contributed by atoms with Gasteiger partial charge in [-0.25, -0.2) is 15.0 Å². The molecule has 0 radical (unpaired) electrons. The highest BCUT2D eigenvalue weighted by Crippen LogP contribution is 2.33. The fourth-order valence-corrected chi connectivity index (χ4v) is 3.34. The Morgan fingerprint density at radius 1 is 1.32 bits per heavy atom. The lowest BCUT2D eigenvalue weighted by atomic mass is 9.91. The quantitative estimate of drug-likeness (QED) is 0.888. The first-order valence-electron chi connectivity index (χ1n) is 6.97. The van der Waals surface area contributed by atoms with Crippen LogP contribution in [0.3, 0.4) is 0 Å². The Morgan fingerprint density at radius 2 is 2.26 bits per heavy atom. The van der Waals surface area contributed by atoms with Crippen molar-refractivity contribution >= 4 is 17.7 Å². The van der Waals surface area contributed by atoms with Crippen LogP contribution in [0, 0.1) is 5.92 Å². The van der Waals surface area contributed by atoms with Crippen LogP contribution in [0.25, 0.3) is 5.65 Å². The zero-order chi connectivity index (χ0) is 12.8. The van der Waals surface area contributed by atoms with Crippen LogP contribution in [-0.2, 0) is 6.42 Å². The molecule has 2 aromatic heterocycles. The molecule has 1 unspecified atom stereocenters. The van der Waals surface area contributed by atoms with Gasteiger partial charge in [0.15, 0.2) is 11.5 Å². The maximum absolute atomic E-state index is 4.53. The van der Waals surface area contributed by atoms with Gasteiger partial charge in [-0.15, -0.1) is 0 Å². The van der Waals surface area contributed by atoms with E-state index < -0.39 is 0 Å². The summed E-state index contributed by atoms with van der Waals surface area (Å²) in [7, 11) is 0. The summed E-state index contributed by atoms with van der Waals surface area (Å²) in [5.41, 5.74) is 3.45. The Labute approximate surface area is 111 Å². The molecule has 0 spiro atoms. The molecule has 0 aliphatic carbocycles. The lowest BCUT2D eigenvalue weighted by Gasteiger charge is -2.17. The topological polar surface area (TPSA) is 54.6 Å². The minimum atomic E-state index is 0.548. The smallest absolute Gasteiger partial charge is 0.172 e. The zero-order valence-corrected chi connectivity index (χ0v) is 11.0. The highest BCUT2D eigenvalue weighted by molar-refractivity contribution is 5.73. The molecule has 0 bridgehead atoms. The van der Waals surface area contributed by atoms with Gasteiger partial charge in [0.25, 0.3) is 0 Å². The fourth-order valence-electron chi connectivity index (χ4n) is 3.34. The number of imidazole rings is 1. The van der Waals surface area contributed by atoms with Crippen LogP contribution in [0.15, 0.2) is 17.4 Å². The minimum absolute atomic E-state index is 0.548. The third-order valence-corrected chi connectivity index (χ3v) is 4.39. The Hall–Kier alpha value is -1.75. The second-order valence-corrected chi connectivity index (χ2v) is 5.35. The third kappa shape index (κ3) is 1.54. The number of nitrogens with zero attached hydrogens (tertiary/aromatic N) is 4. The van der Waals surface area contributed by atoms with Crippen LogP contribution in [0.4, 0.5) is 5.82 Å². The number of aliphatic imine (C=N–C) groups is 1. The SMILES string of the molecule is CCC1CNC[C@@H]1c1cnc2cnc3c(n12)CC=N3. The molecular formula is C14H17N5. The van der Waals surface area contributed by atoms with Crippen LogP contribution >= 0.6 is 0 Å². The van der Waals surface area contributed by atoms with Gasteiger partial charge in [0.2, 0.25) is 0 Å². The first-order chi connectivity index (χ1) is 9.38. The van der Waals surface area contributed by atoms with E-state index in [-0.39, 0.29) is 0 Å². The largest absolute Gasteiger partial charge is 0.316 e. The summed E-state index contributed by atoms with van der Waals surface area (Å²) < 4.78 is 2.27. The molecule has 4 heterocycles. The molecule has 19 heavy (non-hydrogen) atoms. The zero-order valence-electron chi connectivity index (χ0n) is 11.0. The maximum Gasteiger partial charge on any atom is 0.172 e. The van der Waals surface area contributed by atoms with Crippen molar-refractivity contribution in [1.29, 1.82) is 0 Å². The summed E-state index contributed by atoms with van der Waals surface area (Å²) in [4.78, 5) is 13.2. The van der Waals surface area contributed by atoms with Crippen LogP contribution in [0.1, 0.15) is 30.7 Å². The average molecular weight is 255 g/mol.